The molecule has 2 rings (SSSR count). The van der Waals surface area contributed by atoms with Crippen LogP contribution in [0.3, 0.4) is 0 Å². The Morgan fingerprint density at radius 2 is 1.80 bits per heavy atom. The molecule has 2 nitrogen and oxygen atoms in total. The molecule has 0 bridgehead atoms. The van der Waals surface area contributed by atoms with Crippen molar-refractivity contribution >= 4 is 0 Å². The van der Waals surface area contributed by atoms with E-state index in [-0.39, 0.29) is 11.8 Å². The van der Waals surface area contributed by atoms with Crippen molar-refractivity contribution in [2.75, 3.05) is 6.54 Å². The highest BCUT2D eigenvalue weighted by molar-refractivity contribution is 5.34. The second kappa shape index (κ2) is 6.48. The SMILES string of the molecule is CCNC(C)c1ccc(Oc2cc(F)ccc2F)cc1. The van der Waals surface area contributed by atoms with Crippen LogP contribution in [0.2, 0.25) is 0 Å². The largest absolute Gasteiger partial charge is 0.454 e. The standard InChI is InChI=1S/C16H17F2NO/c1-3-19-11(2)12-4-7-14(8-5-12)20-16-10-13(17)6-9-15(16)18/h4-11,19H,3H2,1-2H3. The predicted molar refractivity (Wildman–Crippen MR) is 75.0 cm³/mol. The number of rotatable bonds is 5. The fraction of sp³-hybridized carbons (Fsp3) is 0.250. The van der Waals surface area contributed by atoms with Crippen molar-refractivity contribution in [2.45, 2.75) is 19.9 Å². The Balaban J connectivity index is 2.12. The molecule has 1 N–H and O–H groups in total. The van der Waals surface area contributed by atoms with E-state index >= 15 is 0 Å². The lowest BCUT2D eigenvalue weighted by atomic mass is 10.1. The van der Waals surface area contributed by atoms with Gasteiger partial charge < -0.3 is 10.1 Å². The first kappa shape index (κ1) is 14.5. The van der Waals surface area contributed by atoms with Gasteiger partial charge in [-0.2, -0.15) is 0 Å². The molecule has 0 aliphatic rings. The molecule has 2 aromatic rings. The first-order chi connectivity index (χ1) is 9.60. The van der Waals surface area contributed by atoms with Crippen molar-refractivity contribution in [3.63, 3.8) is 0 Å². The van der Waals surface area contributed by atoms with E-state index in [9.17, 15) is 8.78 Å². The Kier molecular flexibility index (Phi) is 4.69. The molecule has 20 heavy (non-hydrogen) atoms. The van der Waals surface area contributed by atoms with Gasteiger partial charge >= 0.3 is 0 Å². The second-order valence-corrected chi connectivity index (χ2v) is 4.53. The van der Waals surface area contributed by atoms with Crippen LogP contribution >= 0.6 is 0 Å². The highest BCUT2D eigenvalue weighted by Gasteiger charge is 2.07. The second-order valence-electron chi connectivity index (χ2n) is 4.53. The number of nitrogens with one attached hydrogen (secondary N) is 1. The van der Waals surface area contributed by atoms with E-state index in [2.05, 4.69) is 12.2 Å². The van der Waals surface area contributed by atoms with E-state index in [1.165, 1.54) is 0 Å². The molecule has 0 fully saturated rings. The van der Waals surface area contributed by atoms with E-state index in [1.54, 1.807) is 12.1 Å². The van der Waals surface area contributed by atoms with Crippen LogP contribution in [0.1, 0.15) is 25.5 Å². The van der Waals surface area contributed by atoms with Gasteiger partial charge in [-0.1, -0.05) is 19.1 Å². The topological polar surface area (TPSA) is 21.3 Å². The van der Waals surface area contributed by atoms with Crippen LogP contribution in [0.25, 0.3) is 0 Å². The van der Waals surface area contributed by atoms with Crippen molar-refractivity contribution in [2.24, 2.45) is 0 Å². The van der Waals surface area contributed by atoms with Crippen LogP contribution in [0.5, 0.6) is 11.5 Å². The Morgan fingerprint density at radius 3 is 2.45 bits per heavy atom. The highest BCUT2D eigenvalue weighted by Crippen LogP contribution is 2.26. The van der Waals surface area contributed by atoms with Gasteiger partial charge in [-0.05, 0) is 43.3 Å². The van der Waals surface area contributed by atoms with Crippen molar-refractivity contribution in [1.82, 2.24) is 5.32 Å². The van der Waals surface area contributed by atoms with Crippen LogP contribution in [0.15, 0.2) is 42.5 Å². The maximum Gasteiger partial charge on any atom is 0.165 e. The molecule has 0 saturated carbocycles. The summed E-state index contributed by atoms with van der Waals surface area (Å²) in [6.07, 6.45) is 0. The molecule has 4 heteroatoms. The molecule has 0 aromatic heterocycles. The molecule has 0 heterocycles. The fourth-order valence-electron chi connectivity index (χ4n) is 1.93. The number of halogens is 2. The minimum Gasteiger partial charge on any atom is -0.454 e. The summed E-state index contributed by atoms with van der Waals surface area (Å²) in [5.74, 6) is -0.755. The van der Waals surface area contributed by atoms with Crippen LogP contribution in [-0.4, -0.2) is 6.54 Å². The van der Waals surface area contributed by atoms with Crippen LogP contribution < -0.4 is 10.1 Å². The number of benzene rings is 2. The minimum atomic E-state index is -0.587. The lowest BCUT2D eigenvalue weighted by Crippen LogP contribution is -2.17. The number of ether oxygens (including phenoxy) is 1. The maximum absolute atomic E-state index is 13.5. The summed E-state index contributed by atoms with van der Waals surface area (Å²) in [6, 6.07) is 10.7. The van der Waals surface area contributed by atoms with Gasteiger partial charge in [0.15, 0.2) is 11.6 Å². The lowest BCUT2D eigenvalue weighted by molar-refractivity contribution is 0.436. The molecule has 0 amide bonds. The Morgan fingerprint density at radius 1 is 1.10 bits per heavy atom. The lowest BCUT2D eigenvalue weighted by Gasteiger charge is -2.13. The zero-order valence-corrected chi connectivity index (χ0v) is 11.5. The van der Waals surface area contributed by atoms with Crippen molar-refractivity contribution in [3.05, 3.63) is 59.7 Å². The monoisotopic (exact) mass is 277 g/mol. The van der Waals surface area contributed by atoms with Gasteiger partial charge in [-0.3, -0.25) is 0 Å². The summed E-state index contributed by atoms with van der Waals surface area (Å²) < 4.78 is 31.9. The minimum absolute atomic E-state index is 0.113. The summed E-state index contributed by atoms with van der Waals surface area (Å²) in [5.41, 5.74) is 1.11. The summed E-state index contributed by atoms with van der Waals surface area (Å²) in [7, 11) is 0. The van der Waals surface area contributed by atoms with Gasteiger partial charge in [0.1, 0.15) is 11.6 Å². The average Bonchev–Trinajstić information content (AvgIpc) is 2.44. The van der Waals surface area contributed by atoms with Gasteiger partial charge in [0.2, 0.25) is 0 Å². The number of hydrogen-bond acceptors (Lipinski definition) is 2. The molecule has 0 spiro atoms. The molecule has 2 aromatic carbocycles. The van der Waals surface area contributed by atoms with E-state index in [0.717, 1.165) is 30.3 Å². The van der Waals surface area contributed by atoms with Gasteiger partial charge in [0.25, 0.3) is 0 Å². The predicted octanol–water partition coefficient (Wildman–Crippen LogP) is 4.43. The third-order valence-electron chi connectivity index (χ3n) is 3.01. The molecule has 1 atom stereocenters. The first-order valence-corrected chi connectivity index (χ1v) is 6.56. The molecule has 0 aliphatic carbocycles. The summed E-state index contributed by atoms with van der Waals surface area (Å²) >= 11 is 0. The molecule has 0 saturated heterocycles. The summed E-state index contributed by atoms with van der Waals surface area (Å²) in [6.45, 7) is 4.99. The van der Waals surface area contributed by atoms with E-state index in [4.69, 9.17) is 4.74 Å². The quantitative estimate of drug-likeness (QED) is 0.873. The van der Waals surface area contributed by atoms with Gasteiger partial charge in [-0.25, -0.2) is 8.78 Å². The average molecular weight is 277 g/mol. The zero-order chi connectivity index (χ0) is 14.5. The molecule has 1 unspecified atom stereocenters. The van der Waals surface area contributed by atoms with Crippen molar-refractivity contribution < 1.29 is 13.5 Å². The maximum atomic E-state index is 13.5. The van der Waals surface area contributed by atoms with E-state index in [1.807, 2.05) is 19.1 Å². The third-order valence-corrected chi connectivity index (χ3v) is 3.01. The van der Waals surface area contributed by atoms with Crippen LogP contribution in [-0.2, 0) is 0 Å². The fourth-order valence-corrected chi connectivity index (χ4v) is 1.93. The van der Waals surface area contributed by atoms with Gasteiger partial charge in [0, 0.05) is 12.1 Å². The zero-order valence-electron chi connectivity index (χ0n) is 11.5. The smallest absolute Gasteiger partial charge is 0.165 e. The van der Waals surface area contributed by atoms with Crippen molar-refractivity contribution in [1.29, 1.82) is 0 Å². The van der Waals surface area contributed by atoms with E-state index in [0.29, 0.717) is 5.75 Å². The third kappa shape index (κ3) is 3.54. The Bertz CT molecular complexity index is 569. The van der Waals surface area contributed by atoms with Gasteiger partial charge in [0.05, 0.1) is 0 Å². The van der Waals surface area contributed by atoms with Crippen LogP contribution in [0, 0.1) is 11.6 Å². The molecule has 0 radical (unpaired) electrons. The Hall–Kier alpha value is -1.94. The van der Waals surface area contributed by atoms with Crippen LogP contribution in [0.4, 0.5) is 8.78 Å². The summed E-state index contributed by atoms with van der Waals surface area (Å²) in [5, 5.41) is 3.30. The molecule has 0 aliphatic heterocycles. The first-order valence-electron chi connectivity index (χ1n) is 6.56. The van der Waals surface area contributed by atoms with Crippen molar-refractivity contribution in [3.8, 4) is 11.5 Å². The molecule has 106 valence electrons. The Labute approximate surface area is 117 Å². The summed E-state index contributed by atoms with van der Waals surface area (Å²) in [4.78, 5) is 0. The number of hydrogen-bond donors (Lipinski definition) is 1. The normalized spacial score (nSPS) is 12.2. The van der Waals surface area contributed by atoms with Gasteiger partial charge in [-0.15, -0.1) is 0 Å². The highest BCUT2D eigenvalue weighted by atomic mass is 19.1. The van der Waals surface area contributed by atoms with E-state index < -0.39 is 11.6 Å². The molecular weight excluding hydrogens is 260 g/mol. The molecular formula is C16H17F2NO.